The lowest BCUT2D eigenvalue weighted by atomic mass is 10.0. The second-order valence-corrected chi connectivity index (χ2v) is 5.91. The second kappa shape index (κ2) is 6.16. The van der Waals surface area contributed by atoms with Crippen LogP contribution in [0.5, 0.6) is 0 Å². The van der Waals surface area contributed by atoms with E-state index in [9.17, 15) is 0 Å². The molecule has 0 saturated heterocycles. The molecule has 2 N–H and O–H groups in total. The van der Waals surface area contributed by atoms with Crippen molar-refractivity contribution in [2.24, 2.45) is 0 Å². The molecule has 0 saturated carbocycles. The summed E-state index contributed by atoms with van der Waals surface area (Å²) >= 11 is 0. The highest BCUT2D eigenvalue weighted by molar-refractivity contribution is 5.60. The lowest BCUT2D eigenvalue weighted by molar-refractivity contribution is 1.05. The molecule has 4 heteroatoms. The summed E-state index contributed by atoms with van der Waals surface area (Å²) in [5.41, 5.74) is 7.45. The molecule has 0 radical (unpaired) electrons. The molecule has 0 fully saturated rings. The molecule has 0 bridgehead atoms. The van der Waals surface area contributed by atoms with Gasteiger partial charge in [-0.05, 0) is 48.9 Å². The minimum Gasteiger partial charge on any atom is -0.360 e. The highest BCUT2D eigenvalue weighted by atomic mass is 15.1. The van der Waals surface area contributed by atoms with E-state index in [4.69, 9.17) is 4.98 Å². The molecule has 3 aromatic heterocycles. The van der Waals surface area contributed by atoms with Gasteiger partial charge in [-0.1, -0.05) is 24.3 Å². The number of benzene rings is 1. The van der Waals surface area contributed by atoms with E-state index >= 15 is 0 Å². The van der Waals surface area contributed by atoms with Gasteiger partial charge in [0.15, 0.2) is 0 Å². The van der Waals surface area contributed by atoms with Crippen molar-refractivity contribution in [2.45, 2.75) is 13.3 Å². The number of aromatic amines is 2. The Hall–Kier alpha value is -3.14. The first kappa shape index (κ1) is 14.5. The van der Waals surface area contributed by atoms with Crippen molar-refractivity contribution < 1.29 is 0 Å². The summed E-state index contributed by atoms with van der Waals surface area (Å²) in [4.78, 5) is 7.97. The fourth-order valence-corrected chi connectivity index (χ4v) is 2.83. The number of nitrogens with zero attached hydrogens (tertiary/aromatic N) is 2. The Morgan fingerprint density at radius 1 is 0.917 bits per heavy atom. The Morgan fingerprint density at radius 3 is 2.62 bits per heavy atom. The maximum Gasteiger partial charge on any atom is 0.0923 e. The third-order valence-corrected chi connectivity index (χ3v) is 3.99. The topological polar surface area (TPSA) is 57.4 Å². The molecular weight excluding hydrogens is 296 g/mol. The van der Waals surface area contributed by atoms with Gasteiger partial charge in [0.1, 0.15) is 0 Å². The summed E-state index contributed by atoms with van der Waals surface area (Å²) in [5.74, 6) is 0. The number of hydrogen-bond acceptors (Lipinski definition) is 2. The number of H-pyrrole nitrogens is 2. The number of pyridine rings is 1. The van der Waals surface area contributed by atoms with Gasteiger partial charge in [0.2, 0.25) is 0 Å². The van der Waals surface area contributed by atoms with Gasteiger partial charge in [-0.15, -0.1) is 0 Å². The van der Waals surface area contributed by atoms with E-state index in [1.54, 1.807) is 0 Å². The number of nitrogens with one attached hydrogen (secondary N) is 2. The lowest BCUT2D eigenvalue weighted by Gasteiger charge is -2.05. The third-order valence-electron chi connectivity index (χ3n) is 3.99. The van der Waals surface area contributed by atoms with Gasteiger partial charge in [0.05, 0.1) is 17.1 Å². The van der Waals surface area contributed by atoms with Crippen LogP contribution in [0.15, 0.2) is 66.9 Å². The van der Waals surface area contributed by atoms with Crippen LogP contribution in [0.25, 0.3) is 22.6 Å². The van der Waals surface area contributed by atoms with Gasteiger partial charge < -0.3 is 4.98 Å². The lowest BCUT2D eigenvalue weighted by Crippen LogP contribution is -1.94. The third kappa shape index (κ3) is 2.99. The van der Waals surface area contributed by atoms with Crippen LogP contribution >= 0.6 is 0 Å². The normalized spacial score (nSPS) is 10.9. The standard InChI is InChI=1S/C20H18N4/c1-14-11-20(24-23-14)16-6-2-5-15(12-16)13-17-7-3-8-19(22-17)18-9-4-10-21-18/h2-12,21H,13H2,1H3,(H,23,24). The molecule has 0 amide bonds. The fourth-order valence-electron chi connectivity index (χ4n) is 2.83. The Morgan fingerprint density at radius 2 is 1.83 bits per heavy atom. The molecular formula is C20H18N4. The zero-order chi connectivity index (χ0) is 16.4. The Labute approximate surface area is 140 Å². The van der Waals surface area contributed by atoms with Gasteiger partial charge in [0, 0.05) is 29.6 Å². The van der Waals surface area contributed by atoms with Crippen LogP contribution in [-0.2, 0) is 6.42 Å². The second-order valence-electron chi connectivity index (χ2n) is 5.91. The maximum atomic E-state index is 4.76. The van der Waals surface area contributed by atoms with Crippen molar-refractivity contribution in [3.8, 4) is 22.6 Å². The summed E-state index contributed by atoms with van der Waals surface area (Å²) in [5, 5.41) is 7.33. The SMILES string of the molecule is Cc1cc(-c2cccc(Cc3cccc(-c4ccc[nH]4)n3)c2)n[nH]1. The molecule has 0 atom stereocenters. The first-order valence-electron chi connectivity index (χ1n) is 7.99. The molecule has 0 aliphatic carbocycles. The fraction of sp³-hybridized carbons (Fsp3) is 0.100. The van der Waals surface area contributed by atoms with Crippen LogP contribution in [-0.4, -0.2) is 20.2 Å². The van der Waals surface area contributed by atoms with Crippen molar-refractivity contribution in [2.75, 3.05) is 0 Å². The van der Waals surface area contributed by atoms with E-state index in [1.807, 2.05) is 31.3 Å². The maximum absolute atomic E-state index is 4.76. The van der Waals surface area contributed by atoms with Crippen LogP contribution < -0.4 is 0 Å². The Bertz CT molecular complexity index is 951. The Kier molecular flexibility index (Phi) is 3.71. The minimum absolute atomic E-state index is 0.797. The van der Waals surface area contributed by atoms with Crippen molar-refractivity contribution in [3.63, 3.8) is 0 Å². The molecule has 118 valence electrons. The van der Waals surface area contributed by atoms with E-state index in [-0.39, 0.29) is 0 Å². The van der Waals surface area contributed by atoms with E-state index in [2.05, 4.69) is 57.6 Å². The summed E-state index contributed by atoms with van der Waals surface area (Å²) in [7, 11) is 0. The molecule has 0 aliphatic heterocycles. The van der Waals surface area contributed by atoms with E-state index in [1.165, 1.54) is 5.56 Å². The average Bonchev–Trinajstić information content (AvgIpc) is 3.27. The number of rotatable bonds is 4. The number of hydrogen-bond donors (Lipinski definition) is 2. The molecule has 1 aromatic carbocycles. The first-order chi connectivity index (χ1) is 11.8. The highest BCUT2D eigenvalue weighted by Gasteiger charge is 2.06. The summed E-state index contributed by atoms with van der Waals surface area (Å²) < 4.78 is 0. The summed E-state index contributed by atoms with van der Waals surface area (Å²) in [6.07, 6.45) is 2.71. The zero-order valence-electron chi connectivity index (χ0n) is 13.5. The van der Waals surface area contributed by atoms with Gasteiger partial charge in [0.25, 0.3) is 0 Å². The average molecular weight is 314 g/mol. The molecule has 0 spiro atoms. The molecule has 24 heavy (non-hydrogen) atoms. The quantitative estimate of drug-likeness (QED) is 0.588. The number of aromatic nitrogens is 4. The minimum atomic E-state index is 0.797. The molecule has 4 aromatic rings. The largest absolute Gasteiger partial charge is 0.360 e. The van der Waals surface area contributed by atoms with Crippen molar-refractivity contribution in [1.82, 2.24) is 20.2 Å². The smallest absolute Gasteiger partial charge is 0.0923 e. The monoisotopic (exact) mass is 314 g/mol. The van der Waals surface area contributed by atoms with Crippen molar-refractivity contribution in [3.05, 3.63) is 83.8 Å². The van der Waals surface area contributed by atoms with Crippen LogP contribution in [0, 0.1) is 6.92 Å². The first-order valence-corrected chi connectivity index (χ1v) is 7.99. The van der Waals surface area contributed by atoms with Crippen LogP contribution in [0.4, 0.5) is 0 Å². The molecule has 3 heterocycles. The van der Waals surface area contributed by atoms with Gasteiger partial charge in [-0.25, -0.2) is 0 Å². The van der Waals surface area contributed by atoms with Crippen LogP contribution in [0.1, 0.15) is 17.0 Å². The molecule has 4 nitrogen and oxygen atoms in total. The summed E-state index contributed by atoms with van der Waals surface area (Å²) in [6.45, 7) is 2.01. The molecule has 0 aliphatic rings. The number of aryl methyl sites for hydroxylation is 1. The van der Waals surface area contributed by atoms with E-state index < -0.39 is 0 Å². The van der Waals surface area contributed by atoms with E-state index in [0.29, 0.717) is 0 Å². The Balaban J connectivity index is 1.61. The van der Waals surface area contributed by atoms with E-state index in [0.717, 1.165) is 40.5 Å². The van der Waals surface area contributed by atoms with Crippen molar-refractivity contribution in [1.29, 1.82) is 0 Å². The van der Waals surface area contributed by atoms with Crippen molar-refractivity contribution >= 4 is 0 Å². The molecule has 4 rings (SSSR count). The molecule has 0 unspecified atom stereocenters. The van der Waals surface area contributed by atoms with Gasteiger partial charge >= 0.3 is 0 Å². The zero-order valence-corrected chi connectivity index (χ0v) is 13.5. The van der Waals surface area contributed by atoms with Crippen LogP contribution in [0.2, 0.25) is 0 Å². The predicted molar refractivity (Wildman–Crippen MR) is 95.6 cm³/mol. The van der Waals surface area contributed by atoms with Gasteiger partial charge in [-0.2, -0.15) is 5.10 Å². The predicted octanol–water partition coefficient (Wildman–Crippen LogP) is 4.37. The van der Waals surface area contributed by atoms with Crippen LogP contribution in [0.3, 0.4) is 0 Å². The summed E-state index contributed by atoms with van der Waals surface area (Å²) in [6, 6.07) is 20.7. The van der Waals surface area contributed by atoms with Gasteiger partial charge in [-0.3, -0.25) is 10.1 Å². The highest BCUT2D eigenvalue weighted by Crippen LogP contribution is 2.21.